The summed E-state index contributed by atoms with van der Waals surface area (Å²) in [7, 11) is 0. The van der Waals surface area contributed by atoms with Crippen molar-refractivity contribution < 1.29 is 0 Å². The Kier molecular flexibility index (Phi) is 2.56. The van der Waals surface area contributed by atoms with Crippen LogP contribution in [0.5, 0.6) is 0 Å². The van der Waals surface area contributed by atoms with Gasteiger partial charge in [-0.05, 0) is 23.6 Å². The largest absolute Gasteiger partial charge is 0.251 e. The molecular weight excluding hydrogens is 312 g/mol. The fourth-order valence-electron chi connectivity index (χ4n) is 2.47. The lowest BCUT2D eigenvalue weighted by Crippen LogP contribution is -2.08. The van der Waals surface area contributed by atoms with Gasteiger partial charge in [-0.25, -0.2) is 14.5 Å². The molecule has 5 aromatic rings. The first-order valence-electron chi connectivity index (χ1n) is 6.97. The van der Waals surface area contributed by atoms with E-state index in [-0.39, 0.29) is 0 Å². The van der Waals surface area contributed by atoms with Crippen molar-refractivity contribution in [1.29, 1.82) is 0 Å². The topological polar surface area (TPSA) is 78.7 Å². The quantitative estimate of drug-likeness (QED) is 0.507. The molecule has 0 unspecified atom stereocenters. The van der Waals surface area contributed by atoms with Gasteiger partial charge in [0.05, 0.1) is 5.39 Å². The molecule has 0 aliphatic heterocycles. The van der Waals surface area contributed by atoms with Crippen LogP contribution in [0.2, 0.25) is 0 Å². The van der Waals surface area contributed by atoms with Crippen molar-refractivity contribution in [3.63, 3.8) is 0 Å². The second-order valence-corrected chi connectivity index (χ2v) is 5.91. The highest BCUT2D eigenvalue weighted by Gasteiger charge is 2.12. The van der Waals surface area contributed by atoms with E-state index in [0.717, 1.165) is 21.6 Å². The minimum Gasteiger partial charge on any atom is -0.251 e. The molecule has 0 bridgehead atoms. The Morgan fingerprint density at radius 3 is 3.00 bits per heavy atom. The molecule has 5 aromatic heterocycles. The molecule has 8 nitrogen and oxygen atoms in total. The summed E-state index contributed by atoms with van der Waals surface area (Å²) in [6.45, 7) is 0.552. The van der Waals surface area contributed by atoms with E-state index in [0.29, 0.717) is 12.5 Å². The molecule has 0 saturated carbocycles. The number of fused-ring (bicyclic) bond motifs is 3. The summed E-state index contributed by atoms with van der Waals surface area (Å²) in [5.74, 6) is 0.588. The number of hydrogen-bond acceptors (Lipinski definition) is 6. The summed E-state index contributed by atoms with van der Waals surface area (Å²) >= 11 is 1.59. The van der Waals surface area contributed by atoms with Gasteiger partial charge in [0, 0.05) is 18.6 Å². The summed E-state index contributed by atoms with van der Waals surface area (Å²) in [5.41, 5.74) is 1.53. The van der Waals surface area contributed by atoms with Crippen LogP contribution < -0.4 is 0 Å². The lowest BCUT2D eigenvalue weighted by atomic mass is 10.4. The van der Waals surface area contributed by atoms with E-state index in [9.17, 15) is 0 Å². The van der Waals surface area contributed by atoms with Gasteiger partial charge in [0.15, 0.2) is 5.65 Å². The molecule has 5 heterocycles. The molecule has 112 valence electrons. The average Bonchev–Trinajstić information content (AvgIpc) is 3.33. The third kappa shape index (κ3) is 2.01. The number of nitrogens with zero attached hydrogens (tertiary/aromatic N) is 8. The SMILES string of the molecule is c1cnn(Cn2ccc(-c3nc4c5ccsc5ncn4n3)n2)c1. The molecule has 0 atom stereocenters. The minimum atomic E-state index is 0.552. The third-order valence-electron chi connectivity index (χ3n) is 3.52. The van der Waals surface area contributed by atoms with Crippen molar-refractivity contribution in [2.24, 2.45) is 0 Å². The highest BCUT2D eigenvalue weighted by molar-refractivity contribution is 7.16. The number of hydrogen-bond donors (Lipinski definition) is 0. The Morgan fingerprint density at radius 1 is 1.09 bits per heavy atom. The molecule has 23 heavy (non-hydrogen) atoms. The van der Waals surface area contributed by atoms with Crippen LogP contribution in [0.1, 0.15) is 0 Å². The van der Waals surface area contributed by atoms with Gasteiger partial charge in [0.2, 0.25) is 5.82 Å². The second-order valence-electron chi connectivity index (χ2n) is 5.01. The van der Waals surface area contributed by atoms with Crippen molar-refractivity contribution in [3.05, 3.63) is 48.5 Å². The third-order valence-corrected chi connectivity index (χ3v) is 4.34. The Bertz CT molecular complexity index is 1100. The molecule has 0 saturated heterocycles. The highest BCUT2D eigenvalue weighted by atomic mass is 32.1. The standard InChI is InChI=1S/C14H10N8S/c1-4-16-20(5-1)9-21-6-2-11(18-21)12-17-13-10-3-7-23-14(10)15-8-22(13)19-12/h1-8H,9H2. The molecule has 0 fully saturated rings. The number of aromatic nitrogens is 8. The van der Waals surface area contributed by atoms with Gasteiger partial charge >= 0.3 is 0 Å². The maximum atomic E-state index is 4.61. The minimum absolute atomic E-state index is 0.552. The van der Waals surface area contributed by atoms with E-state index in [1.165, 1.54) is 0 Å². The predicted octanol–water partition coefficient (Wildman–Crippen LogP) is 1.90. The van der Waals surface area contributed by atoms with Crippen LogP contribution in [0.15, 0.2) is 48.5 Å². The van der Waals surface area contributed by atoms with Crippen molar-refractivity contribution in [2.75, 3.05) is 0 Å². The van der Waals surface area contributed by atoms with Crippen molar-refractivity contribution in [1.82, 2.24) is 39.1 Å². The van der Waals surface area contributed by atoms with E-state index < -0.39 is 0 Å². The summed E-state index contributed by atoms with van der Waals surface area (Å²) in [4.78, 5) is 9.95. The normalized spacial score (nSPS) is 11.7. The average molecular weight is 322 g/mol. The Labute approximate surface area is 133 Å². The van der Waals surface area contributed by atoms with Crippen LogP contribution in [0.4, 0.5) is 0 Å². The van der Waals surface area contributed by atoms with E-state index in [1.54, 1.807) is 37.7 Å². The molecule has 0 aliphatic carbocycles. The van der Waals surface area contributed by atoms with Crippen LogP contribution >= 0.6 is 11.3 Å². The Hall–Kier alpha value is -3.07. The fourth-order valence-corrected chi connectivity index (χ4v) is 3.19. The Balaban J connectivity index is 1.56. The summed E-state index contributed by atoms with van der Waals surface area (Å²) in [6, 6.07) is 5.79. The molecule has 0 amide bonds. The second kappa shape index (κ2) is 4.71. The van der Waals surface area contributed by atoms with Crippen LogP contribution in [-0.2, 0) is 6.67 Å². The summed E-state index contributed by atoms with van der Waals surface area (Å²) < 4.78 is 5.29. The molecule has 0 aromatic carbocycles. The van der Waals surface area contributed by atoms with Crippen LogP contribution in [0, 0.1) is 0 Å². The van der Waals surface area contributed by atoms with Gasteiger partial charge in [-0.2, -0.15) is 10.2 Å². The van der Waals surface area contributed by atoms with Gasteiger partial charge in [0.25, 0.3) is 0 Å². The van der Waals surface area contributed by atoms with E-state index in [4.69, 9.17) is 0 Å². The molecule has 9 heteroatoms. The molecule has 0 aliphatic rings. The maximum absolute atomic E-state index is 4.61. The van der Waals surface area contributed by atoms with E-state index >= 15 is 0 Å². The molecule has 0 radical (unpaired) electrons. The van der Waals surface area contributed by atoms with Crippen molar-refractivity contribution >= 4 is 27.2 Å². The fraction of sp³-hybridized carbons (Fsp3) is 0.0714. The first-order chi connectivity index (χ1) is 11.4. The van der Waals surface area contributed by atoms with Gasteiger partial charge in [-0.15, -0.1) is 16.4 Å². The smallest absolute Gasteiger partial charge is 0.202 e. The lowest BCUT2D eigenvalue weighted by molar-refractivity contribution is 0.504. The monoisotopic (exact) mass is 322 g/mol. The summed E-state index contributed by atoms with van der Waals surface area (Å²) in [6.07, 6.45) is 7.21. The van der Waals surface area contributed by atoms with Gasteiger partial charge in [0.1, 0.15) is 23.5 Å². The first-order valence-corrected chi connectivity index (χ1v) is 7.85. The van der Waals surface area contributed by atoms with Gasteiger partial charge in [-0.1, -0.05) is 0 Å². The summed E-state index contributed by atoms with van der Waals surface area (Å²) in [5, 5.41) is 16.2. The zero-order valence-corrected chi connectivity index (χ0v) is 12.6. The van der Waals surface area contributed by atoms with Crippen LogP contribution in [-0.4, -0.2) is 39.1 Å². The van der Waals surface area contributed by atoms with Crippen LogP contribution in [0.25, 0.3) is 27.4 Å². The molecule has 5 rings (SSSR count). The van der Waals surface area contributed by atoms with Crippen LogP contribution in [0.3, 0.4) is 0 Å². The van der Waals surface area contributed by atoms with E-state index in [1.807, 2.05) is 36.0 Å². The first kappa shape index (κ1) is 12.5. The number of thiophene rings is 1. The van der Waals surface area contributed by atoms with Gasteiger partial charge < -0.3 is 0 Å². The molecule has 0 N–H and O–H groups in total. The highest BCUT2D eigenvalue weighted by Crippen LogP contribution is 2.23. The zero-order chi connectivity index (χ0) is 15.2. The molecule has 0 spiro atoms. The number of rotatable bonds is 3. The lowest BCUT2D eigenvalue weighted by Gasteiger charge is -2.00. The van der Waals surface area contributed by atoms with Crippen molar-refractivity contribution in [2.45, 2.75) is 6.67 Å². The predicted molar refractivity (Wildman–Crippen MR) is 85.0 cm³/mol. The van der Waals surface area contributed by atoms with Crippen molar-refractivity contribution in [3.8, 4) is 11.5 Å². The Morgan fingerprint density at radius 2 is 2.09 bits per heavy atom. The molecular formula is C14H10N8S. The zero-order valence-electron chi connectivity index (χ0n) is 11.8. The van der Waals surface area contributed by atoms with E-state index in [2.05, 4.69) is 25.3 Å². The van der Waals surface area contributed by atoms with Gasteiger partial charge in [-0.3, -0.25) is 9.36 Å². The maximum Gasteiger partial charge on any atom is 0.202 e.